The van der Waals surface area contributed by atoms with Crippen LogP contribution in [0.1, 0.15) is 62.8 Å². The lowest BCUT2D eigenvalue weighted by atomic mass is 10.0. The van der Waals surface area contributed by atoms with Crippen LogP contribution < -0.4 is 9.62 Å². The standard InChI is InChI=1S/C38H44FN3O4S/c1-27(2)31-16-20-33(21-17-31)42(47(45,46)34-22-12-28(3)13-23-34)26-36(43)41(25-30-14-18-32(39)19-15-30)35(37(44)40-38(4,5)6)24-29-10-8-7-9-11-29/h7-23,27,35H,24-26H2,1-6H3,(H,40,44)/t35-/m0/s1. The van der Waals surface area contributed by atoms with Gasteiger partial charge in [0, 0.05) is 18.5 Å². The van der Waals surface area contributed by atoms with Crippen LogP contribution in [0.15, 0.2) is 108 Å². The average molecular weight is 658 g/mol. The highest BCUT2D eigenvalue weighted by Gasteiger charge is 2.35. The van der Waals surface area contributed by atoms with Gasteiger partial charge in [0.15, 0.2) is 0 Å². The second-order valence-electron chi connectivity index (χ2n) is 13.2. The van der Waals surface area contributed by atoms with Gasteiger partial charge in [0.05, 0.1) is 10.6 Å². The molecule has 0 heterocycles. The Hall–Kier alpha value is -4.50. The highest BCUT2D eigenvalue weighted by molar-refractivity contribution is 7.92. The van der Waals surface area contributed by atoms with Crippen LogP contribution in [-0.4, -0.2) is 43.3 Å². The maximum Gasteiger partial charge on any atom is 0.264 e. The Morgan fingerprint density at radius 2 is 1.40 bits per heavy atom. The van der Waals surface area contributed by atoms with Gasteiger partial charge in [-0.1, -0.05) is 86.1 Å². The Balaban J connectivity index is 1.82. The van der Waals surface area contributed by atoms with Crippen molar-refractivity contribution >= 4 is 27.5 Å². The summed E-state index contributed by atoms with van der Waals surface area (Å²) in [6.07, 6.45) is 0.184. The number of nitrogens with one attached hydrogen (secondary N) is 1. The second kappa shape index (κ2) is 14.9. The molecular formula is C38H44FN3O4S. The third-order valence-corrected chi connectivity index (χ3v) is 9.56. The minimum atomic E-state index is -4.21. The molecule has 4 rings (SSSR count). The average Bonchev–Trinajstić information content (AvgIpc) is 3.02. The number of hydrogen-bond donors (Lipinski definition) is 1. The lowest BCUT2D eigenvalue weighted by molar-refractivity contribution is -0.140. The van der Waals surface area contributed by atoms with E-state index in [1.54, 1.807) is 36.4 Å². The molecule has 1 atom stereocenters. The van der Waals surface area contributed by atoms with Gasteiger partial charge in [0.2, 0.25) is 11.8 Å². The minimum Gasteiger partial charge on any atom is -0.350 e. The summed E-state index contributed by atoms with van der Waals surface area (Å²) in [5.74, 6) is -1.17. The van der Waals surface area contributed by atoms with Gasteiger partial charge in [0.25, 0.3) is 10.0 Å². The van der Waals surface area contributed by atoms with Crippen molar-refractivity contribution in [1.29, 1.82) is 0 Å². The number of benzene rings is 4. The zero-order valence-corrected chi connectivity index (χ0v) is 28.7. The monoisotopic (exact) mass is 657 g/mol. The third kappa shape index (κ3) is 9.51. The highest BCUT2D eigenvalue weighted by Crippen LogP contribution is 2.27. The molecule has 4 aromatic rings. The Morgan fingerprint density at radius 1 is 0.809 bits per heavy atom. The van der Waals surface area contributed by atoms with Crippen LogP contribution >= 0.6 is 0 Å². The largest absolute Gasteiger partial charge is 0.350 e. The number of halogens is 1. The topological polar surface area (TPSA) is 86.8 Å². The first-order valence-corrected chi connectivity index (χ1v) is 17.2. The Morgan fingerprint density at radius 3 is 1.96 bits per heavy atom. The fraction of sp³-hybridized carbons (Fsp3) is 0.316. The number of anilines is 1. The normalized spacial score (nSPS) is 12.4. The summed E-state index contributed by atoms with van der Waals surface area (Å²) in [6, 6.07) is 27.6. The SMILES string of the molecule is Cc1ccc(S(=O)(=O)N(CC(=O)N(Cc2ccc(F)cc2)[C@@H](Cc2ccccc2)C(=O)NC(C)(C)C)c2ccc(C(C)C)cc2)cc1. The maximum absolute atomic E-state index is 14.6. The summed E-state index contributed by atoms with van der Waals surface area (Å²) in [6.45, 7) is 10.9. The molecule has 0 saturated carbocycles. The van der Waals surface area contributed by atoms with Crippen LogP contribution in [-0.2, 0) is 32.6 Å². The summed E-state index contributed by atoms with van der Waals surface area (Å²) in [5, 5.41) is 3.01. The number of sulfonamides is 1. The molecule has 0 aliphatic heterocycles. The van der Waals surface area contributed by atoms with E-state index in [0.717, 1.165) is 21.0 Å². The fourth-order valence-electron chi connectivity index (χ4n) is 5.19. The summed E-state index contributed by atoms with van der Waals surface area (Å²) < 4.78 is 43.4. The molecule has 7 nitrogen and oxygen atoms in total. The van der Waals surface area contributed by atoms with E-state index in [9.17, 15) is 22.4 Å². The fourth-order valence-corrected chi connectivity index (χ4v) is 6.60. The first-order valence-electron chi connectivity index (χ1n) is 15.7. The van der Waals surface area contributed by atoms with Gasteiger partial charge < -0.3 is 10.2 Å². The highest BCUT2D eigenvalue weighted by atomic mass is 32.2. The number of aryl methyl sites for hydroxylation is 1. The van der Waals surface area contributed by atoms with Crippen molar-refractivity contribution < 1.29 is 22.4 Å². The number of amides is 2. The molecule has 0 spiro atoms. The molecule has 0 radical (unpaired) electrons. The summed E-state index contributed by atoms with van der Waals surface area (Å²) >= 11 is 0. The zero-order chi connectivity index (χ0) is 34.4. The molecule has 0 aliphatic carbocycles. The van der Waals surface area contributed by atoms with Crippen molar-refractivity contribution in [2.24, 2.45) is 0 Å². The summed E-state index contributed by atoms with van der Waals surface area (Å²) in [5.41, 5.74) is 3.06. The van der Waals surface area contributed by atoms with Gasteiger partial charge in [-0.25, -0.2) is 12.8 Å². The Labute approximate surface area is 278 Å². The van der Waals surface area contributed by atoms with Crippen molar-refractivity contribution in [3.63, 3.8) is 0 Å². The molecule has 47 heavy (non-hydrogen) atoms. The van der Waals surface area contributed by atoms with Crippen molar-refractivity contribution in [2.45, 2.75) is 76.9 Å². The first kappa shape index (κ1) is 35.4. The third-order valence-electron chi connectivity index (χ3n) is 7.77. The summed E-state index contributed by atoms with van der Waals surface area (Å²) in [7, 11) is -4.21. The number of rotatable bonds is 12. The van der Waals surface area contributed by atoms with Crippen molar-refractivity contribution in [2.75, 3.05) is 10.8 Å². The molecule has 4 aromatic carbocycles. The number of nitrogens with zero attached hydrogens (tertiary/aromatic N) is 2. The molecule has 1 N–H and O–H groups in total. The van der Waals surface area contributed by atoms with Crippen LogP contribution in [0.2, 0.25) is 0 Å². The Bertz CT molecular complexity index is 1750. The first-order chi connectivity index (χ1) is 22.1. The van der Waals surface area contributed by atoms with Gasteiger partial charge in [-0.2, -0.15) is 0 Å². The van der Waals surface area contributed by atoms with E-state index in [1.807, 2.05) is 84.0 Å². The number of carbonyl (C=O) groups is 2. The van der Waals surface area contributed by atoms with E-state index in [0.29, 0.717) is 11.3 Å². The van der Waals surface area contributed by atoms with Crippen molar-refractivity contribution in [3.8, 4) is 0 Å². The summed E-state index contributed by atoms with van der Waals surface area (Å²) in [4.78, 5) is 30.0. The number of hydrogen-bond acceptors (Lipinski definition) is 4. The van der Waals surface area contributed by atoms with E-state index in [1.165, 1.54) is 29.2 Å². The van der Waals surface area contributed by atoms with Gasteiger partial charge >= 0.3 is 0 Å². The number of carbonyl (C=O) groups excluding carboxylic acids is 2. The van der Waals surface area contributed by atoms with Crippen LogP contribution in [0.4, 0.5) is 10.1 Å². The maximum atomic E-state index is 14.6. The molecule has 2 amide bonds. The van der Waals surface area contributed by atoms with Gasteiger partial charge in [-0.3, -0.25) is 13.9 Å². The van der Waals surface area contributed by atoms with E-state index in [4.69, 9.17) is 0 Å². The predicted molar refractivity (Wildman–Crippen MR) is 185 cm³/mol. The smallest absolute Gasteiger partial charge is 0.264 e. The molecule has 0 aromatic heterocycles. The molecule has 0 saturated heterocycles. The van der Waals surface area contributed by atoms with E-state index in [2.05, 4.69) is 5.32 Å². The van der Waals surface area contributed by atoms with Crippen LogP contribution in [0.3, 0.4) is 0 Å². The zero-order valence-electron chi connectivity index (χ0n) is 27.9. The quantitative estimate of drug-likeness (QED) is 0.178. The second-order valence-corrected chi connectivity index (χ2v) is 15.0. The predicted octanol–water partition coefficient (Wildman–Crippen LogP) is 7.01. The molecule has 0 unspecified atom stereocenters. The van der Waals surface area contributed by atoms with Gasteiger partial charge in [0.1, 0.15) is 18.4 Å². The lowest BCUT2D eigenvalue weighted by Crippen LogP contribution is -2.56. The van der Waals surface area contributed by atoms with E-state index < -0.39 is 39.9 Å². The molecule has 9 heteroatoms. The molecular weight excluding hydrogens is 614 g/mol. The van der Waals surface area contributed by atoms with Crippen LogP contribution in [0.25, 0.3) is 0 Å². The minimum absolute atomic E-state index is 0.0419. The van der Waals surface area contributed by atoms with Gasteiger partial charge in [-0.05, 0) is 86.7 Å². The van der Waals surface area contributed by atoms with Crippen molar-refractivity contribution in [1.82, 2.24) is 10.2 Å². The molecule has 248 valence electrons. The van der Waals surface area contributed by atoms with Gasteiger partial charge in [-0.15, -0.1) is 0 Å². The Kier molecular flexibility index (Phi) is 11.2. The van der Waals surface area contributed by atoms with Crippen LogP contribution in [0.5, 0.6) is 0 Å². The lowest BCUT2D eigenvalue weighted by Gasteiger charge is -2.35. The van der Waals surface area contributed by atoms with E-state index in [-0.39, 0.29) is 29.7 Å². The van der Waals surface area contributed by atoms with Crippen LogP contribution in [0, 0.1) is 12.7 Å². The molecule has 0 aliphatic rings. The van der Waals surface area contributed by atoms with Crippen molar-refractivity contribution in [3.05, 3.63) is 131 Å². The van der Waals surface area contributed by atoms with E-state index >= 15 is 0 Å². The molecule has 0 bridgehead atoms. The molecule has 0 fully saturated rings.